The number of carbonyl (C=O) groups is 1. The van der Waals surface area contributed by atoms with Crippen molar-refractivity contribution in [3.05, 3.63) is 46.7 Å². The topological polar surface area (TPSA) is 104 Å². The summed E-state index contributed by atoms with van der Waals surface area (Å²) in [5.41, 5.74) is 1.56. The number of carbonyl (C=O) groups excluding carboxylic acids is 1. The molecule has 6 heteroatoms. The fourth-order valence-electron chi connectivity index (χ4n) is 2.94. The first kappa shape index (κ1) is 18.8. The zero-order valence-electron chi connectivity index (χ0n) is 14.8. The lowest BCUT2D eigenvalue weighted by molar-refractivity contribution is -0.114. The van der Waals surface area contributed by atoms with Gasteiger partial charge in [0.05, 0.1) is 16.8 Å². The largest absolute Gasteiger partial charge is 0.372 e. The lowest BCUT2D eigenvalue weighted by Crippen LogP contribution is -2.24. The number of anilines is 1. The first-order valence-electron chi connectivity index (χ1n) is 8.47. The Hall–Kier alpha value is -3.56. The van der Waals surface area contributed by atoms with Crippen LogP contribution < -0.4 is 10.2 Å². The number of benzene rings is 1. The van der Waals surface area contributed by atoms with Crippen molar-refractivity contribution in [3.8, 4) is 18.2 Å². The van der Waals surface area contributed by atoms with Gasteiger partial charge in [0.2, 0.25) is 0 Å². The van der Waals surface area contributed by atoms with Crippen LogP contribution in [0.3, 0.4) is 0 Å². The second-order valence-corrected chi connectivity index (χ2v) is 5.82. The number of amides is 1. The second kappa shape index (κ2) is 8.51. The summed E-state index contributed by atoms with van der Waals surface area (Å²) in [4.78, 5) is 14.6. The standard InChI is InChI=1S/C20H19N5O/c1-3-9-25(10-4-2)16-7-5-14(6-8-16)18-17(13-23)19(24-20(18)26)15(11-21)12-22/h5-8H,3-4,9-10H2,1-2H3,(H,24,26). The van der Waals surface area contributed by atoms with Gasteiger partial charge in [-0.1, -0.05) is 26.0 Å². The smallest absolute Gasteiger partial charge is 0.257 e. The molecule has 0 spiro atoms. The van der Waals surface area contributed by atoms with E-state index in [-0.39, 0.29) is 22.4 Å². The van der Waals surface area contributed by atoms with Crippen LogP contribution in [0.2, 0.25) is 0 Å². The van der Waals surface area contributed by atoms with Crippen molar-refractivity contribution in [1.29, 1.82) is 15.8 Å². The molecular formula is C20H19N5O. The zero-order chi connectivity index (χ0) is 19.1. The van der Waals surface area contributed by atoms with Crippen LogP contribution in [0, 0.1) is 34.0 Å². The molecule has 1 aromatic rings. The zero-order valence-corrected chi connectivity index (χ0v) is 14.8. The Labute approximate surface area is 153 Å². The van der Waals surface area contributed by atoms with E-state index in [4.69, 9.17) is 10.5 Å². The third-order valence-corrected chi connectivity index (χ3v) is 4.06. The normalized spacial score (nSPS) is 12.9. The van der Waals surface area contributed by atoms with Crippen LogP contribution in [-0.4, -0.2) is 19.0 Å². The van der Waals surface area contributed by atoms with Gasteiger partial charge in [-0.15, -0.1) is 0 Å². The van der Waals surface area contributed by atoms with Gasteiger partial charge in [0.15, 0.2) is 5.57 Å². The van der Waals surface area contributed by atoms with Gasteiger partial charge in [0.25, 0.3) is 5.91 Å². The summed E-state index contributed by atoms with van der Waals surface area (Å²) >= 11 is 0. The van der Waals surface area contributed by atoms with Crippen molar-refractivity contribution < 1.29 is 4.79 Å². The lowest BCUT2D eigenvalue weighted by atomic mass is 9.99. The van der Waals surface area contributed by atoms with E-state index in [2.05, 4.69) is 24.1 Å². The van der Waals surface area contributed by atoms with Gasteiger partial charge < -0.3 is 10.2 Å². The van der Waals surface area contributed by atoms with Crippen LogP contribution in [0.1, 0.15) is 32.3 Å². The molecule has 130 valence electrons. The maximum absolute atomic E-state index is 12.3. The number of nitrogens with one attached hydrogen (secondary N) is 1. The molecule has 0 saturated carbocycles. The van der Waals surface area contributed by atoms with Crippen LogP contribution >= 0.6 is 0 Å². The van der Waals surface area contributed by atoms with Crippen LogP contribution in [-0.2, 0) is 4.79 Å². The van der Waals surface area contributed by atoms with Gasteiger partial charge in [-0.05, 0) is 30.5 Å². The SMILES string of the molecule is CCCN(CCC)c1ccc(C2=C(C#N)C(=C(C#N)C#N)NC2=O)cc1. The monoisotopic (exact) mass is 345 g/mol. The summed E-state index contributed by atoms with van der Waals surface area (Å²) in [6, 6.07) is 12.8. The molecule has 2 rings (SSSR count). The summed E-state index contributed by atoms with van der Waals surface area (Å²) in [7, 11) is 0. The van der Waals surface area contributed by atoms with Crippen LogP contribution in [0.15, 0.2) is 41.1 Å². The Morgan fingerprint density at radius 1 is 1.04 bits per heavy atom. The molecule has 0 aliphatic carbocycles. The fourth-order valence-corrected chi connectivity index (χ4v) is 2.94. The molecule has 0 aromatic heterocycles. The van der Waals surface area contributed by atoms with E-state index in [0.717, 1.165) is 31.6 Å². The molecule has 0 fully saturated rings. The number of hydrogen-bond acceptors (Lipinski definition) is 5. The molecule has 1 amide bonds. The van der Waals surface area contributed by atoms with Crippen LogP contribution in [0.5, 0.6) is 0 Å². The molecule has 6 nitrogen and oxygen atoms in total. The summed E-state index contributed by atoms with van der Waals surface area (Å²) < 4.78 is 0. The third kappa shape index (κ3) is 3.58. The summed E-state index contributed by atoms with van der Waals surface area (Å²) in [6.45, 7) is 6.14. The van der Waals surface area contributed by atoms with E-state index in [1.54, 1.807) is 24.3 Å². The molecule has 0 unspecified atom stereocenters. The fraction of sp³-hybridized carbons (Fsp3) is 0.300. The summed E-state index contributed by atoms with van der Waals surface area (Å²) in [5, 5.41) is 30.0. The number of nitrogens with zero attached hydrogens (tertiary/aromatic N) is 4. The molecule has 0 bridgehead atoms. The van der Waals surface area contributed by atoms with E-state index >= 15 is 0 Å². The molecule has 0 radical (unpaired) electrons. The van der Waals surface area contributed by atoms with Crippen molar-refractivity contribution >= 4 is 17.2 Å². The predicted octanol–water partition coefficient (Wildman–Crippen LogP) is 3.02. The Balaban J connectivity index is 2.48. The van der Waals surface area contributed by atoms with Crippen molar-refractivity contribution in [3.63, 3.8) is 0 Å². The Morgan fingerprint density at radius 3 is 2.08 bits per heavy atom. The van der Waals surface area contributed by atoms with Gasteiger partial charge >= 0.3 is 0 Å². The Morgan fingerprint density at radius 2 is 1.62 bits per heavy atom. The van der Waals surface area contributed by atoms with E-state index in [9.17, 15) is 10.1 Å². The highest BCUT2D eigenvalue weighted by Crippen LogP contribution is 2.31. The van der Waals surface area contributed by atoms with Gasteiger partial charge in [-0.3, -0.25) is 4.79 Å². The number of allylic oxidation sites excluding steroid dienone is 2. The highest BCUT2D eigenvalue weighted by molar-refractivity contribution is 6.26. The third-order valence-electron chi connectivity index (χ3n) is 4.06. The van der Waals surface area contributed by atoms with Gasteiger partial charge in [0.1, 0.15) is 18.2 Å². The minimum absolute atomic E-state index is 0.0137. The molecule has 1 aliphatic heterocycles. The van der Waals surface area contributed by atoms with E-state index in [1.165, 1.54) is 0 Å². The summed E-state index contributed by atoms with van der Waals surface area (Å²) in [5.74, 6) is -0.480. The number of nitriles is 3. The van der Waals surface area contributed by atoms with Crippen LogP contribution in [0.25, 0.3) is 5.57 Å². The van der Waals surface area contributed by atoms with E-state index in [0.29, 0.717) is 5.56 Å². The minimum Gasteiger partial charge on any atom is -0.372 e. The Bertz CT molecular complexity index is 866. The van der Waals surface area contributed by atoms with E-state index in [1.807, 2.05) is 18.2 Å². The molecule has 1 aromatic carbocycles. The highest BCUT2D eigenvalue weighted by atomic mass is 16.2. The molecule has 26 heavy (non-hydrogen) atoms. The lowest BCUT2D eigenvalue weighted by Gasteiger charge is -2.24. The van der Waals surface area contributed by atoms with Crippen LogP contribution in [0.4, 0.5) is 5.69 Å². The number of hydrogen-bond donors (Lipinski definition) is 1. The number of rotatable bonds is 6. The van der Waals surface area contributed by atoms with E-state index < -0.39 is 5.91 Å². The second-order valence-electron chi connectivity index (χ2n) is 5.82. The molecule has 1 N–H and O–H groups in total. The first-order chi connectivity index (χ1) is 12.6. The van der Waals surface area contributed by atoms with Crippen molar-refractivity contribution in [2.45, 2.75) is 26.7 Å². The average molecular weight is 345 g/mol. The van der Waals surface area contributed by atoms with Gasteiger partial charge in [-0.25, -0.2) is 0 Å². The molecule has 0 atom stereocenters. The minimum atomic E-state index is -0.480. The highest BCUT2D eigenvalue weighted by Gasteiger charge is 2.31. The van der Waals surface area contributed by atoms with Crippen molar-refractivity contribution in [1.82, 2.24) is 5.32 Å². The summed E-state index contributed by atoms with van der Waals surface area (Å²) in [6.07, 6.45) is 2.07. The molecule has 1 aliphatic rings. The quantitative estimate of drug-likeness (QED) is 0.798. The maximum Gasteiger partial charge on any atom is 0.257 e. The average Bonchev–Trinajstić information content (AvgIpc) is 2.99. The molecule has 1 heterocycles. The van der Waals surface area contributed by atoms with Gasteiger partial charge in [-0.2, -0.15) is 15.8 Å². The first-order valence-corrected chi connectivity index (χ1v) is 8.47. The molecule has 0 saturated heterocycles. The predicted molar refractivity (Wildman–Crippen MR) is 98.2 cm³/mol. The molecular weight excluding hydrogens is 326 g/mol. The van der Waals surface area contributed by atoms with Gasteiger partial charge in [0, 0.05) is 18.8 Å². The maximum atomic E-state index is 12.3. The van der Waals surface area contributed by atoms with Crippen molar-refractivity contribution in [2.24, 2.45) is 0 Å². The van der Waals surface area contributed by atoms with Crippen molar-refractivity contribution in [2.75, 3.05) is 18.0 Å². The Kier molecular flexibility index (Phi) is 6.15.